The maximum atomic E-state index is 6.14. The molecule has 4 heteroatoms. The Hall–Kier alpha value is -1.06. The highest BCUT2D eigenvalue weighted by atomic mass is 35.5. The van der Waals surface area contributed by atoms with Gasteiger partial charge in [0.1, 0.15) is 10.8 Å². The fourth-order valence-corrected chi connectivity index (χ4v) is 2.58. The lowest BCUT2D eigenvalue weighted by Gasteiger charge is -2.09. The lowest BCUT2D eigenvalue weighted by Crippen LogP contribution is -1.90. The molecule has 84 valence electrons. The average Bonchev–Trinajstić information content (AvgIpc) is 2.65. The summed E-state index contributed by atoms with van der Waals surface area (Å²) in [4.78, 5) is 4.26. The van der Waals surface area contributed by atoms with E-state index < -0.39 is 0 Å². The second-order valence-corrected chi connectivity index (χ2v) is 5.23. The van der Waals surface area contributed by atoms with Crippen molar-refractivity contribution in [3.05, 3.63) is 34.2 Å². The first-order valence-electron chi connectivity index (χ1n) is 5.08. The van der Waals surface area contributed by atoms with Gasteiger partial charge in [0.25, 0.3) is 0 Å². The van der Waals surface area contributed by atoms with Gasteiger partial charge in [0.2, 0.25) is 0 Å². The third-order valence-corrected chi connectivity index (χ3v) is 3.64. The van der Waals surface area contributed by atoms with Crippen molar-refractivity contribution in [3.8, 4) is 10.6 Å². The third-order valence-electron chi connectivity index (χ3n) is 2.39. The highest BCUT2D eigenvalue weighted by Crippen LogP contribution is 2.31. The van der Waals surface area contributed by atoms with E-state index in [-0.39, 0.29) is 0 Å². The third kappa shape index (κ3) is 2.20. The average molecular weight is 253 g/mol. The molecule has 0 aliphatic heterocycles. The summed E-state index contributed by atoms with van der Waals surface area (Å²) in [5, 5.41) is 3.60. The summed E-state index contributed by atoms with van der Waals surface area (Å²) >= 11 is 7.69. The highest BCUT2D eigenvalue weighted by Gasteiger charge is 2.09. The molecule has 0 atom stereocenters. The molecule has 0 saturated carbocycles. The number of thiazole rings is 1. The summed E-state index contributed by atoms with van der Waals surface area (Å²) in [7, 11) is 0. The van der Waals surface area contributed by atoms with Crippen molar-refractivity contribution in [1.29, 1.82) is 0 Å². The molecule has 1 heterocycles. The van der Waals surface area contributed by atoms with Crippen LogP contribution in [-0.2, 0) is 0 Å². The number of benzene rings is 1. The van der Waals surface area contributed by atoms with Gasteiger partial charge in [0, 0.05) is 16.0 Å². The van der Waals surface area contributed by atoms with Crippen molar-refractivity contribution >= 4 is 28.8 Å². The van der Waals surface area contributed by atoms with Gasteiger partial charge in [-0.25, -0.2) is 4.98 Å². The fourth-order valence-electron chi connectivity index (χ4n) is 1.54. The zero-order valence-electron chi connectivity index (χ0n) is 9.20. The molecule has 2 N–H and O–H groups in total. The Morgan fingerprint density at radius 2 is 2.12 bits per heavy atom. The zero-order chi connectivity index (χ0) is 11.7. The second kappa shape index (κ2) is 4.44. The molecular formula is C12H13ClN2S. The Balaban J connectivity index is 2.47. The molecule has 0 bridgehead atoms. The van der Waals surface area contributed by atoms with E-state index in [9.17, 15) is 0 Å². The summed E-state index contributed by atoms with van der Waals surface area (Å²) in [5.41, 5.74) is 7.84. The normalized spacial score (nSPS) is 11.0. The molecule has 0 saturated heterocycles. The highest BCUT2D eigenvalue weighted by molar-refractivity contribution is 7.13. The molecule has 0 spiro atoms. The molecule has 0 aliphatic rings. The smallest absolute Gasteiger partial charge is 0.135 e. The van der Waals surface area contributed by atoms with Crippen LogP contribution in [0.2, 0.25) is 5.02 Å². The van der Waals surface area contributed by atoms with Crippen molar-refractivity contribution in [2.24, 2.45) is 0 Å². The van der Waals surface area contributed by atoms with E-state index in [4.69, 9.17) is 17.3 Å². The minimum Gasteiger partial charge on any atom is -0.383 e. The molecule has 0 unspecified atom stereocenters. The number of nitrogens with two attached hydrogens (primary N) is 1. The van der Waals surface area contributed by atoms with Gasteiger partial charge < -0.3 is 5.73 Å². The van der Waals surface area contributed by atoms with Gasteiger partial charge in [-0.3, -0.25) is 0 Å². The largest absolute Gasteiger partial charge is 0.383 e. The van der Waals surface area contributed by atoms with Crippen LogP contribution in [0.5, 0.6) is 0 Å². The maximum Gasteiger partial charge on any atom is 0.135 e. The van der Waals surface area contributed by atoms with Crippen LogP contribution < -0.4 is 5.73 Å². The van der Waals surface area contributed by atoms with Gasteiger partial charge in [-0.15, -0.1) is 11.3 Å². The summed E-state index contributed by atoms with van der Waals surface area (Å²) in [5.74, 6) is 0.978. The van der Waals surface area contributed by atoms with Crippen LogP contribution in [0.3, 0.4) is 0 Å². The fraction of sp³-hybridized carbons (Fsp3) is 0.250. The van der Waals surface area contributed by atoms with E-state index in [0.717, 1.165) is 21.2 Å². The number of anilines is 1. The summed E-state index contributed by atoms with van der Waals surface area (Å²) in [6, 6.07) is 5.99. The molecule has 2 aromatic rings. The molecule has 2 rings (SSSR count). The van der Waals surface area contributed by atoms with Gasteiger partial charge in [-0.05, 0) is 23.6 Å². The summed E-state index contributed by atoms with van der Waals surface area (Å²) < 4.78 is 0. The van der Waals surface area contributed by atoms with Crippen molar-refractivity contribution in [1.82, 2.24) is 4.98 Å². The predicted molar refractivity (Wildman–Crippen MR) is 71.1 cm³/mol. The van der Waals surface area contributed by atoms with Gasteiger partial charge in [0.05, 0.1) is 0 Å². The van der Waals surface area contributed by atoms with Crippen LogP contribution in [-0.4, -0.2) is 4.98 Å². The Kier molecular flexibility index (Phi) is 3.17. The molecule has 0 fully saturated rings. The summed E-state index contributed by atoms with van der Waals surface area (Å²) in [6.45, 7) is 4.25. The Morgan fingerprint density at radius 1 is 1.38 bits per heavy atom. The van der Waals surface area contributed by atoms with Crippen molar-refractivity contribution < 1.29 is 0 Å². The van der Waals surface area contributed by atoms with Crippen molar-refractivity contribution in [2.45, 2.75) is 19.8 Å². The van der Waals surface area contributed by atoms with E-state index in [0.29, 0.717) is 11.7 Å². The van der Waals surface area contributed by atoms with Gasteiger partial charge in [-0.2, -0.15) is 0 Å². The number of nitrogen functional groups attached to an aromatic ring is 1. The number of hydrogen-bond donors (Lipinski definition) is 1. The molecule has 0 amide bonds. The van der Waals surface area contributed by atoms with Crippen LogP contribution in [0.15, 0.2) is 23.6 Å². The Morgan fingerprint density at radius 3 is 2.69 bits per heavy atom. The lowest BCUT2D eigenvalue weighted by molar-refractivity contribution is 0.867. The first-order valence-corrected chi connectivity index (χ1v) is 6.34. The standard InChI is InChI=1S/C12H13ClN2S/c1-7(2)9-5-8(3-4-10(9)13)12-15-11(14)6-16-12/h3-7H,14H2,1-2H3. The number of halogens is 1. The molecule has 1 aromatic carbocycles. The van der Waals surface area contributed by atoms with E-state index in [2.05, 4.69) is 24.9 Å². The van der Waals surface area contributed by atoms with Crippen molar-refractivity contribution in [3.63, 3.8) is 0 Å². The molecule has 1 aromatic heterocycles. The number of hydrogen-bond acceptors (Lipinski definition) is 3. The van der Waals surface area contributed by atoms with Crippen LogP contribution >= 0.6 is 22.9 Å². The number of nitrogens with zero attached hydrogens (tertiary/aromatic N) is 1. The van der Waals surface area contributed by atoms with Gasteiger partial charge in [0.15, 0.2) is 0 Å². The lowest BCUT2D eigenvalue weighted by atomic mass is 10.0. The molecule has 2 nitrogen and oxygen atoms in total. The molecular weight excluding hydrogens is 240 g/mol. The van der Waals surface area contributed by atoms with Crippen LogP contribution in [0.4, 0.5) is 5.82 Å². The van der Waals surface area contributed by atoms with E-state index >= 15 is 0 Å². The zero-order valence-corrected chi connectivity index (χ0v) is 10.8. The predicted octanol–water partition coefficient (Wildman–Crippen LogP) is 4.17. The number of aromatic nitrogens is 1. The SMILES string of the molecule is CC(C)c1cc(-c2nc(N)cs2)ccc1Cl. The topological polar surface area (TPSA) is 38.9 Å². The number of rotatable bonds is 2. The minimum absolute atomic E-state index is 0.407. The van der Waals surface area contributed by atoms with Crippen LogP contribution in [0, 0.1) is 0 Å². The monoisotopic (exact) mass is 252 g/mol. The minimum atomic E-state index is 0.407. The van der Waals surface area contributed by atoms with Gasteiger partial charge >= 0.3 is 0 Å². The van der Waals surface area contributed by atoms with E-state index in [1.807, 2.05) is 17.5 Å². The summed E-state index contributed by atoms with van der Waals surface area (Å²) in [6.07, 6.45) is 0. The van der Waals surface area contributed by atoms with E-state index in [1.54, 1.807) is 11.3 Å². The quantitative estimate of drug-likeness (QED) is 0.871. The van der Waals surface area contributed by atoms with Crippen LogP contribution in [0.1, 0.15) is 25.3 Å². The maximum absolute atomic E-state index is 6.14. The van der Waals surface area contributed by atoms with E-state index in [1.165, 1.54) is 0 Å². The Labute approximate surface area is 104 Å². The molecule has 0 aliphatic carbocycles. The first kappa shape index (κ1) is 11.4. The second-order valence-electron chi connectivity index (χ2n) is 3.97. The first-order chi connectivity index (χ1) is 7.58. The molecule has 0 radical (unpaired) electrons. The van der Waals surface area contributed by atoms with Gasteiger partial charge in [-0.1, -0.05) is 31.5 Å². The molecule has 16 heavy (non-hydrogen) atoms. The Bertz CT molecular complexity index is 505. The van der Waals surface area contributed by atoms with Crippen molar-refractivity contribution in [2.75, 3.05) is 5.73 Å². The van der Waals surface area contributed by atoms with Crippen LogP contribution in [0.25, 0.3) is 10.6 Å².